The zero-order valence-electron chi connectivity index (χ0n) is 12.5. The molecule has 3 nitrogen and oxygen atoms in total. The molecule has 2 rings (SSSR count). The van der Waals surface area contributed by atoms with E-state index >= 15 is 0 Å². The third-order valence-corrected chi connectivity index (χ3v) is 4.97. The van der Waals surface area contributed by atoms with Crippen molar-refractivity contribution in [3.8, 4) is 0 Å². The van der Waals surface area contributed by atoms with Crippen LogP contribution in [-0.2, 0) is 6.42 Å². The van der Waals surface area contributed by atoms with Gasteiger partial charge in [-0.05, 0) is 31.9 Å². The number of para-hydroxylation sites is 1. The van der Waals surface area contributed by atoms with Crippen LogP contribution in [0.25, 0.3) is 10.2 Å². The minimum atomic E-state index is -0.581. The van der Waals surface area contributed by atoms with Crippen LogP contribution >= 0.6 is 11.3 Å². The van der Waals surface area contributed by atoms with Gasteiger partial charge >= 0.3 is 0 Å². The number of thiazole rings is 1. The quantitative estimate of drug-likeness (QED) is 0.822. The Morgan fingerprint density at radius 3 is 2.65 bits per heavy atom. The highest BCUT2D eigenvalue weighted by Gasteiger charge is 2.22. The zero-order chi connectivity index (χ0) is 14.6. The van der Waals surface area contributed by atoms with Crippen molar-refractivity contribution >= 4 is 21.6 Å². The van der Waals surface area contributed by atoms with Crippen molar-refractivity contribution in [1.29, 1.82) is 0 Å². The molecule has 1 aromatic carbocycles. The summed E-state index contributed by atoms with van der Waals surface area (Å²) in [6, 6.07) is 8.56. The van der Waals surface area contributed by atoms with Crippen molar-refractivity contribution < 1.29 is 5.11 Å². The highest BCUT2D eigenvalue weighted by molar-refractivity contribution is 7.18. The molecule has 2 aromatic rings. The maximum atomic E-state index is 10.3. The maximum absolute atomic E-state index is 10.3. The smallest absolute Gasteiger partial charge is 0.0954 e. The van der Waals surface area contributed by atoms with Gasteiger partial charge in [0.05, 0.1) is 20.8 Å². The van der Waals surface area contributed by atoms with E-state index in [2.05, 4.69) is 35.4 Å². The molecule has 0 saturated carbocycles. The van der Waals surface area contributed by atoms with E-state index in [4.69, 9.17) is 0 Å². The van der Waals surface area contributed by atoms with Crippen molar-refractivity contribution in [3.05, 3.63) is 29.3 Å². The van der Waals surface area contributed by atoms with Crippen LogP contribution < -0.4 is 5.32 Å². The van der Waals surface area contributed by atoms with Crippen molar-refractivity contribution in [2.45, 2.75) is 51.7 Å². The lowest BCUT2D eigenvalue weighted by Gasteiger charge is -2.27. The maximum Gasteiger partial charge on any atom is 0.0954 e. The Labute approximate surface area is 125 Å². The first-order chi connectivity index (χ1) is 9.56. The number of benzene rings is 1. The Bertz CT molecular complexity index is 515. The van der Waals surface area contributed by atoms with Gasteiger partial charge in [-0.2, -0.15) is 0 Å². The fourth-order valence-electron chi connectivity index (χ4n) is 2.21. The lowest BCUT2D eigenvalue weighted by Crippen LogP contribution is -2.43. The Hall–Kier alpha value is -0.970. The largest absolute Gasteiger partial charge is 0.389 e. The second-order valence-corrected chi connectivity index (χ2v) is 6.61. The molecule has 1 aromatic heterocycles. The average molecular weight is 292 g/mol. The van der Waals surface area contributed by atoms with E-state index in [0.29, 0.717) is 12.6 Å². The van der Waals surface area contributed by atoms with Crippen LogP contribution in [0.5, 0.6) is 0 Å². The summed E-state index contributed by atoms with van der Waals surface area (Å²) in [5.74, 6) is 0. The lowest BCUT2D eigenvalue weighted by molar-refractivity contribution is 0.0303. The molecule has 0 fully saturated rings. The van der Waals surface area contributed by atoms with Gasteiger partial charge in [-0.15, -0.1) is 11.3 Å². The molecule has 0 saturated heterocycles. The van der Waals surface area contributed by atoms with Gasteiger partial charge in [0.15, 0.2) is 0 Å². The second-order valence-electron chi connectivity index (χ2n) is 5.49. The number of aliphatic hydroxyl groups is 1. The van der Waals surface area contributed by atoms with Crippen molar-refractivity contribution in [2.24, 2.45) is 0 Å². The van der Waals surface area contributed by atoms with Crippen LogP contribution in [0.1, 0.15) is 38.6 Å². The molecule has 0 radical (unpaired) electrons. The molecular formula is C16H24N2OS. The zero-order valence-corrected chi connectivity index (χ0v) is 13.3. The molecule has 1 atom stereocenters. The molecule has 4 heteroatoms. The number of aromatic nitrogens is 1. The molecule has 1 unspecified atom stereocenters. The van der Waals surface area contributed by atoms with E-state index < -0.39 is 5.60 Å². The number of rotatable bonds is 7. The van der Waals surface area contributed by atoms with E-state index in [9.17, 15) is 5.11 Å². The third-order valence-electron chi connectivity index (χ3n) is 3.91. The van der Waals surface area contributed by atoms with Crippen molar-refractivity contribution in [2.75, 3.05) is 6.54 Å². The summed E-state index contributed by atoms with van der Waals surface area (Å²) in [6.07, 6.45) is 2.47. The summed E-state index contributed by atoms with van der Waals surface area (Å²) < 4.78 is 1.24. The molecule has 0 spiro atoms. The summed E-state index contributed by atoms with van der Waals surface area (Å²) in [5.41, 5.74) is 0.500. The van der Waals surface area contributed by atoms with Crippen molar-refractivity contribution in [3.63, 3.8) is 0 Å². The second kappa shape index (κ2) is 6.66. The Morgan fingerprint density at radius 2 is 2.00 bits per heavy atom. The van der Waals surface area contributed by atoms with E-state index in [1.807, 2.05) is 19.9 Å². The number of nitrogens with one attached hydrogen (secondary N) is 1. The number of fused-ring (bicyclic) bond motifs is 1. The van der Waals surface area contributed by atoms with Gasteiger partial charge in [-0.1, -0.05) is 26.0 Å². The SMILES string of the molecule is CCC(O)(CC)CNC(C)Cc1nc2ccccc2s1. The molecule has 110 valence electrons. The van der Waals surface area contributed by atoms with Crippen LogP contribution in [-0.4, -0.2) is 28.3 Å². The third kappa shape index (κ3) is 3.78. The fraction of sp³-hybridized carbons (Fsp3) is 0.562. The van der Waals surface area contributed by atoms with E-state index in [-0.39, 0.29) is 0 Å². The molecule has 2 N–H and O–H groups in total. The molecular weight excluding hydrogens is 268 g/mol. The van der Waals surface area contributed by atoms with Crippen LogP contribution in [0.2, 0.25) is 0 Å². The Morgan fingerprint density at radius 1 is 1.30 bits per heavy atom. The summed E-state index contributed by atoms with van der Waals surface area (Å²) in [4.78, 5) is 4.65. The molecule has 0 aliphatic heterocycles. The number of nitrogens with zero attached hydrogens (tertiary/aromatic N) is 1. The molecule has 0 aliphatic rings. The fourth-order valence-corrected chi connectivity index (χ4v) is 3.30. The highest BCUT2D eigenvalue weighted by atomic mass is 32.1. The lowest BCUT2D eigenvalue weighted by atomic mass is 9.97. The van der Waals surface area contributed by atoms with Gasteiger partial charge in [0.2, 0.25) is 0 Å². The topological polar surface area (TPSA) is 45.1 Å². The summed E-state index contributed by atoms with van der Waals surface area (Å²) in [5, 5.41) is 14.9. The predicted octanol–water partition coefficient (Wildman–Crippen LogP) is 3.37. The summed E-state index contributed by atoms with van der Waals surface area (Å²) >= 11 is 1.76. The van der Waals surface area contributed by atoms with Crippen molar-refractivity contribution in [1.82, 2.24) is 10.3 Å². The van der Waals surface area contributed by atoms with E-state index in [1.54, 1.807) is 11.3 Å². The van der Waals surface area contributed by atoms with E-state index in [1.165, 1.54) is 4.70 Å². The van der Waals surface area contributed by atoms with Gasteiger partial charge in [-0.25, -0.2) is 4.98 Å². The highest BCUT2D eigenvalue weighted by Crippen LogP contribution is 2.22. The molecule has 0 aliphatic carbocycles. The number of hydrogen-bond acceptors (Lipinski definition) is 4. The van der Waals surface area contributed by atoms with Gasteiger partial charge < -0.3 is 10.4 Å². The first kappa shape index (κ1) is 15.4. The van der Waals surface area contributed by atoms with Crippen LogP contribution in [0, 0.1) is 0 Å². The number of hydrogen-bond donors (Lipinski definition) is 2. The van der Waals surface area contributed by atoms with Crippen LogP contribution in [0.15, 0.2) is 24.3 Å². The minimum absolute atomic E-state index is 0.320. The normalized spacial score (nSPS) is 13.8. The standard InChI is InChI=1S/C16H24N2OS/c1-4-16(19,5-2)11-17-12(3)10-15-18-13-8-6-7-9-14(13)20-15/h6-9,12,17,19H,4-5,10-11H2,1-3H3. The van der Waals surface area contributed by atoms with Gasteiger partial charge in [0.1, 0.15) is 0 Å². The molecule has 1 heterocycles. The average Bonchev–Trinajstić information content (AvgIpc) is 2.87. The van der Waals surface area contributed by atoms with Gasteiger partial charge in [-0.3, -0.25) is 0 Å². The molecule has 0 amide bonds. The Kier molecular flexibility index (Phi) is 5.13. The minimum Gasteiger partial charge on any atom is -0.389 e. The monoisotopic (exact) mass is 292 g/mol. The first-order valence-electron chi connectivity index (χ1n) is 7.36. The predicted molar refractivity (Wildman–Crippen MR) is 86.3 cm³/mol. The van der Waals surface area contributed by atoms with Crippen LogP contribution in [0.4, 0.5) is 0 Å². The first-order valence-corrected chi connectivity index (χ1v) is 8.18. The summed E-state index contributed by atoms with van der Waals surface area (Å²) in [7, 11) is 0. The van der Waals surface area contributed by atoms with Gasteiger partial charge in [0.25, 0.3) is 0 Å². The van der Waals surface area contributed by atoms with Gasteiger partial charge in [0, 0.05) is 19.0 Å². The summed E-state index contributed by atoms with van der Waals surface area (Å²) in [6.45, 7) is 6.86. The molecule has 0 bridgehead atoms. The molecule has 20 heavy (non-hydrogen) atoms. The van der Waals surface area contributed by atoms with Crippen LogP contribution in [0.3, 0.4) is 0 Å². The Balaban J connectivity index is 1.92. The van der Waals surface area contributed by atoms with E-state index in [0.717, 1.165) is 29.8 Å².